The maximum absolute atomic E-state index is 10.8. The van der Waals surface area contributed by atoms with E-state index in [1.54, 1.807) is 7.11 Å². The molecule has 2 bridgehead atoms. The van der Waals surface area contributed by atoms with Crippen LogP contribution in [-0.4, -0.2) is 24.0 Å². The Hall–Kier alpha value is -2.15. The van der Waals surface area contributed by atoms with Gasteiger partial charge in [-0.2, -0.15) is 0 Å². The van der Waals surface area contributed by atoms with Crippen LogP contribution in [0.3, 0.4) is 0 Å². The van der Waals surface area contributed by atoms with E-state index in [9.17, 15) is 10.1 Å². The van der Waals surface area contributed by atoms with E-state index in [0.717, 1.165) is 11.1 Å². The number of amidine groups is 1. The first-order chi connectivity index (χ1) is 8.70. The Kier molecular flexibility index (Phi) is 2.41. The molecule has 0 saturated carbocycles. The summed E-state index contributed by atoms with van der Waals surface area (Å²) in [6.45, 7) is 0. The molecule has 2 aliphatic rings. The highest BCUT2D eigenvalue weighted by Gasteiger charge is 2.44. The van der Waals surface area contributed by atoms with Crippen LogP contribution in [0.15, 0.2) is 23.4 Å². The van der Waals surface area contributed by atoms with E-state index in [-0.39, 0.29) is 5.84 Å². The fourth-order valence-electron chi connectivity index (χ4n) is 2.21. The Bertz CT molecular complexity index is 542. The second-order valence-corrected chi connectivity index (χ2v) is 4.00. The number of hydrogen-bond acceptors (Lipinski definition) is 6. The molecule has 0 radical (unpaired) electrons. The van der Waals surface area contributed by atoms with Crippen LogP contribution in [-0.2, 0) is 16.0 Å². The molecule has 0 saturated heterocycles. The minimum atomic E-state index is -0.697. The molecule has 3 rings (SSSR count). The van der Waals surface area contributed by atoms with Crippen molar-refractivity contribution in [3.8, 4) is 5.75 Å². The molecular formula is C11H10N2O5. The van der Waals surface area contributed by atoms with Crippen molar-refractivity contribution in [2.75, 3.05) is 7.11 Å². The van der Waals surface area contributed by atoms with Gasteiger partial charge in [-0.05, 0) is 11.0 Å². The Labute approximate surface area is 102 Å². The molecule has 7 nitrogen and oxygen atoms in total. The average Bonchev–Trinajstić information content (AvgIpc) is 2.38. The standard InChI is InChI=1S/C11H10N2O5/c1-16-8-4-2-3-6-7(8)5-9-10(13(14)15)12-18-11(6)17-9/h2-4,9,11H,5H2,1H3/t9-,11-/m0/s1. The van der Waals surface area contributed by atoms with E-state index < -0.39 is 17.3 Å². The predicted molar refractivity (Wildman–Crippen MR) is 59.8 cm³/mol. The van der Waals surface area contributed by atoms with Crippen molar-refractivity contribution in [2.24, 2.45) is 5.16 Å². The Morgan fingerprint density at radius 2 is 2.39 bits per heavy atom. The number of methoxy groups -OCH3 is 1. The van der Waals surface area contributed by atoms with Crippen molar-refractivity contribution in [3.63, 3.8) is 0 Å². The highest BCUT2D eigenvalue weighted by molar-refractivity contribution is 5.79. The zero-order valence-electron chi connectivity index (χ0n) is 9.53. The van der Waals surface area contributed by atoms with Crippen LogP contribution in [0.25, 0.3) is 0 Å². The molecule has 2 atom stereocenters. The molecule has 0 spiro atoms. The molecule has 2 heterocycles. The number of oxime groups is 1. The predicted octanol–water partition coefficient (Wildman–Crippen LogP) is 1.26. The van der Waals surface area contributed by atoms with Gasteiger partial charge in [0.1, 0.15) is 5.75 Å². The van der Waals surface area contributed by atoms with Gasteiger partial charge in [-0.1, -0.05) is 12.1 Å². The Balaban J connectivity index is 2.05. The molecule has 2 aliphatic heterocycles. The summed E-state index contributed by atoms with van der Waals surface area (Å²) < 4.78 is 10.7. The van der Waals surface area contributed by atoms with Crippen molar-refractivity contribution < 1.29 is 19.2 Å². The van der Waals surface area contributed by atoms with Crippen molar-refractivity contribution >= 4 is 5.84 Å². The minimum Gasteiger partial charge on any atom is -0.496 e. The monoisotopic (exact) mass is 250 g/mol. The molecule has 1 aromatic carbocycles. The normalized spacial score (nSPS) is 24.6. The zero-order valence-corrected chi connectivity index (χ0v) is 9.53. The third kappa shape index (κ3) is 1.52. The van der Waals surface area contributed by atoms with Crippen LogP contribution in [0, 0.1) is 10.1 Å². The first-order valence-electron chi connectivity index (χ1n) is 5.40. The molecule has 0 aromatic heterocycles. The number of hydrogen-bond donors (Lipinski definition) is 0. The molecule has 0 aliphatic carbocycles. The molecule has 0 fully saturated rings. The maximum Gasteiger partial charge on any atom is 0.414 e. The average molecular weight is 250 g/mol. The van der Waals surface area contributed by atoms with Crippen LogP contribution in [0.1, 0.15) is 17.4 Å². The quantitative estimate of drug-likeness (QED) is 0.553. The van der Waals surface area contributed by atoms with Gasteiger partial charge in [0.25, 0.3) is 6.29 Å². The molecule has 0 amide bonds. The van der Waals surface area contributed by atoms with E-state index in [0.29, 0.717) is 12.2 Å². The van der Waals surface area contributed by atoms with Gasteiger partial charge in [0, 0.05) is 17.5 Å². The molecule has 0 N–H and O–H groups in total. The molecule has 7 heteroatoms. The Morgan fingerprint density at radius 1 is 1.56 bits per heavy atom. The van der Waals surface area contributed by atoms with Crippen LogP contribution in [0.2, 0.25) is 0 Å². The summed E-state index contributed by atoms with van der Waals surface area (Å²) >= 11 is 0. The lowest BCUT2D eigenvalue weighted by atomic mass is 9.96. The van der Waals surface area contributed by atoms with E-state index >= 15 is 0 Å². The van der Waals surface area contributed by atoms with Gasteiger partial charge >= 0.3 is 5.84 Å². The van der Waals surface area contributed by atoms with Gasteiger partial charge < -0.3 is 19.6 Å². The fourth-order valence-corrected chi connectivity index (χ4v) is 2.21. The van der Waals surface area contributed by atoms with Crippen LogP contribution < -0.4 is 4.74 Å². The number of ether oxygens (including phenoxy) is 2. The smallest absolute Gasteiger partial charge is 0.414 e. The van der Waals surface area contributed by atoms with Crippen molar-refractivity contribution in [2.45, 2.75) is 18.8 Å². The third-order valence-corrected chi connectivity index (χ3v) is 3.04. The van der Waals surface area contributed by atoms with Crippen molar-refractivity contribution in [1.82, 2.24) is 0 Å². The van der Waals surface area contributed by atoms with Crippen LogP contribution >= 0.6 is 0 Å². The summed E-state index contributed by atoms with van der Waals surface area (Å²) in [5.41, 5.74) is 1.67. The largest absolute Gasteiger partial charge is 0.496 e. The SMILES string of the molecule is COc1cccc2c1C[C@@H]1O[C@H]2ON=C1[N+](=O)[O-]. The molecule has 0 unspecified atom stereocenters. The summed E-state index contributed by atoms with van der Waals surface area (Å²) in [5.74, 6) is 0.377. The molecule has 18 heavy (non-hydrogen) atoms. The van der Waals surface area contributed by atoms with Crippen molar-refractivity contribution in [1.29, 1.82) is 0 Å². The topological polar surface area (TPSA) is 83.2 Å². The number of fused-ring (bicyclic) bond motifs is 4. The zero-order chi connectivity index (χ0) is 12.7. The second-order valence-electron chi connectivity index (χ2n) is 4.00. The van der Waals surface area contributed by atoms with E-state index in [1.807, 2.05) is 18.2 Å². The van der Waals surface area contributed by atoms with E-state index in [4.69, 9.17) is 14.3 Å². The van der Waals surface area contributed by atoms with Crippen LogP contribution in [0.4, 0.5) is 0 Å². The van der Waals surface area contributed by atoms with Gasteiger partial charge in [0.05, 0.1) is 7.11 Å². The van der Waals surface area contributed by atoms with Crippen LogP contribution in [0.5, 0.6) is 5.75 Å². The van der Waals surface area contributed by atoms with E-state index in [1.165, 1.54) is 0 Å². The molecule has 1 aromatic rings. The van der Waals surface area contributed by atoms with Crippen molar-refractivity contribution in [3.05, 3.63) is 39.4 Å². The fraction of sp³-hybridized carbons (Fsp3) is 0.364. The second kappa shape index (κ2) is 3.95. The number of nitrogens with zero attached hydrogens (tertiary/aromatic N) is 2. The number of nitro groups is 1. The lowest BCUT2D eigenvalue weighted by Gasteiger charge is -2.30. The highest BCUT2D eigenvalue weighted by atomic mass is 16.8. The summed E-state index contributed by atoms with van der Waals surface area (Å²) in [7, 11) is 1.56. The van der Waals surface area contributed by atoms with Gasteiger partial charge in [-0.25, -0.2) is 0 Å². The number of benzene rings is 1. The Morgan fingerprint density at radius 3 is 3.11 bits per heavy atom. The first-order valence-corrected chi connectivity index (χ1v) is 5.40. The first kappa shape index (κ1) is 11.0. The third-order valence-electron chi connectivity index (χ3n) is 3.04. The van der Waals surface area contributed by atoms with Gasteiger partial charge in [-0.15, -0.1) is 0 Å². The minimum absolute atomic E-state index is 0.303. The molecule has 94 valence electrons. The van der Waals surface area contributed by atoms with Gasteiger partial charge in [-0.3, -0.25) is 4.84 Å². The summed E-state index contributed by atoms with van der Waals surface area (Å²) in [6, 6.07) is 5.46. The summed E-state index contributed by atoms with van der Waals surface area (Å²) in [6.07, 6.45) is -1.03. The lowest BCUT2D eigenvalue weighted by Crippen LogP contribution is -2.41. The lowest BCUT2D eigenvalue weighted by molar-refractivity contribution is -0.375. The summed E-state index contributed by atoms with van der Waals surface area (Å²) in [5, 5.41) is 14.3. The van der Waals surface area contributed by atoms with E-state index in [2.05, 4.69) is 5.16 Å². The number of rotatable bonds is 1. The molecular weight excluding hydrogens is 240 g/mol. The maximum atomic E-state index is 10.8. The van der Waals surface area contributed by atoms with Gasteiger partial charge in [0.2, 0.25) is 0 Å². The van der Waals surface area contributed by atoms with Gasteiger partial charge in [0.15, 0.2) is 11.3 Å². The highest BCUT2D eigenvalue weighted by Crippen LogP contribution is 2.38. The summed E-state index contributed by atoms with van der Waals surface area (Å²) in [4.78, 5) is 15.2.